The molecule has 1 aliphatic rings. The number of hydrogen-bond acceptors (Lipinski definition) is 2. The zero-order valence-electron chi connectivity index (χ0n) is 10.9. The number of aromatic nitrogens is 1. The Morgan fingerprint density at radius 3 is 2.94 bits per heavy atom. The van der Waals surface area contributed by atoms with Gasteiger partial charge in [-0.2, -0.15) is 0 Å². The molecule has 1 aromatic heterocycles. The van der Waals surface area contributed by atoms with Gasteiger partial charge in [0.25, 0.3) is 5.91 Å². The van der Waals surface area contributed by atoms with Gasteiger partial charge in [-0.25, -0.2) is 4.98 Å². The van der Waals surface area contributed by atoms with E-state index < -0.39 is 0 Å². The van der Waals surface area contributed by atoms with E-state index in [2.05, 4.69) is 11.9 Å². The molecular weight excluding hydrogens is 248 g/mol. The summed E-state index contributed by atoms with van der Waals surface area (Å²) in [6.07, 6.45) is 4.45. The molecule has 0 radical (unpaired) electrons. The summed E-state index contributed by atoms with van der Waals surface area (Å²) in [6.45, 7) is 4.85. The lowest BCUT2D eigenvalue weighted by molar-refractivity contribution is 0.0608. The molecule has 0 aromatic carbocycles. The number of carbonyl (C=O) groups excluding carboxylic acids is 1. The summed E-state index contributed by atoms with van der Waals surface area (Å²) in [5.41, 5.74) is 1.45. The van der Waals surface area contributed by atoms with Crippen LogP contribution >= 0.6 is 11.6 Å². The third-order valence-electron chi connectivity index (χ3n) is 3.53. The van der Waals surface area contributed by atoms with Gasteiger partial charge in [0.15, 0.2) is 0 Å². The first-order valence-corrected chi connectivity index (χ1v) is 6.94. The Hall–Kier alpha value is -1.09. The van der Waals surface area contributed by atoms with Gasteiger partial charge < -0.3 is 4.90 Å². The molecule has 0 bridgehead atoms. The van der Waals surface area contributed by atoms with Crippen LogP contribution in [-0.4, -0.2) is 28.4 Å². The Bertz CT molecular complexity index is 427. The summed E-state index contributed by atoms with van der Waals surface area (Å²) in [6, 6.07) is 3.85. The molecule has 1 atom stereocenters. The zero-order chi connectivity index (χ0) is 13.1. The van der Waals surface area contributed by atoms with Crippen LogP contribution in [0.5, 0.6) is 0 Å². The van der Waals surface area contributed by atoms with E-state index in [0.29, 0.717) is 16.8 Å². The van der Waals surface area contributed by atoms with Crippen LogP contribution in [0.1, 0.15) is 48.7 Å². The summed E-state index contributed by atoms with van der Waals surface area (Å²) >= 11 is 5.92. The molecule has 1 aromatic rings. The lowest BCUT2D eigenvalue weighted by Crippen LogP contribution is -2.43. The summed E-state index contributed by atoms with van der Waals surface area (Å²) in [7, 11) is 0. The third-order valence-corrected chi connectivity index (χ3v) is 3.72. The van der Waals surface area contributed by atoms with Crippen molar-refractivity contribution in [1.82, 2.24) is 9.88 Å². The molecule has 1 saturated heterocycles. The number of aryl methyl sites for hydroxylation is 1. The fourth-order valence-electron chi connectivity index (χ4n) is 2.61. The maximum Gasteiger partial charge on any atom is 0.254 e. The van der Waals surface area contributed by atoms with E-state index >= 15 is 0 Å². The molecule has 0 saturated carbocycles. The lowest BCUT2D eigenvalue weighted by Gasteiger charge is -2.35. The molecule has 2 heterocycles. The Kier molecular flexibility index (Phi) is 4.23. The Morgan fingerprint density at radius 2 is 2.28 bits per heavy atom. The fraction of sp³-hybridized carbons (Fsp3) is 0.571. The standard InChI is InChI=1S/C14H19ClN2O/c1-3-12-6-4-5-7-17(12)14(18)11-8-10(2)16-13(15)9-11/h8-9,12H,3-7H2,1-2H3. The molecular formula is C14H19ClN2O. The van der Waals surface area contributed by atoms with Crippen molar-refractivity contribution >= 4 is 17.5 Å². The van der Waals surface area contributed by atoms with E-state index in [1.54, 1.807) is 6.07 Å². The van der Waals surface area contributed by atoms with E-state index in [9.17, 15) is 4.79 Å². The number of rotatable bonds is 2. The Labute approximate surface area is 113 Å². The molecule has 0 N–H and O–H groups in total. The van der Waals surface area contributed by atoms with Crippen molar-refractivity contribution in [3.63, 3.8) is 0 Å². The molecule has 3 nitrogen and oxygen atoms in total. The van der Waals surface area contributed by atoms with Crippen molar-refractivity contribution in [2.75, 3.05) is 6.54 Å². The van der Waals surface area contributed by atoms with Crippen molar-refractivity contribution in [2.24, 2.45) is 0 Å². The molecule has 4 heteroatoms. The topological polar surface area (TPSA) is 33.2 Å². The molecule has 2 rings (SSSR count). The first kappa shape index (κ1) is 13.3. The average Bonchev–Trinajstić information content (AvgIpc) is 2.36. The van der Waals surface area contributed by atoms with Gasteiger partial charge in [-0.1, -0.05) is 18.5 Å². The molecule has 18 heavy (non-hydrogen) atoms. The van der Waals surface area contributed by atoms with Crippen LogP contribution < -0.4 is 0 Å². The smallest absolute Gasteiger partial charge is 0.254 e. The highest BCUT2D eigenvalue weighted by molar-refractivity contribution is 6.29. The van der Waals surface area contributed by atoms with Gasteiger partial charge in [-0.15, -0.1) is 0 Å². The number of hydrogen-bond donors (Lipinski definition) is 0. The van der Waals surface area contributed by atoms with Crippen molar-refractivity contribution < 1.29 is 4.79 Å². The quantitative estimate of drug-likeness (QED) is 0.768. The second-order valence-electron chi connectivity index (χ2n) is 4.88. The van der Waals surface area contributed by atoms with Crippen LogP contribution in [0.4, 0.5) is 0 Å². The van der Waals surface area contributed by atoms with E-state index in [1.165, 1.54) is 6.42 Å². The molecule has 1 amide bonds. The van der Waals surface area contributed by atoms with Crippen molar-refractivity contribution in [2.45, 2.75) is 45.6 Å². The molecule has 1 aliphatic heterocycles. The summed E-state index contributed by atoms with van der Waals surface area (Å²) in [4.78, 5) is 18.6. The highest BCUT2D eigenvalue weighted by Gasteiger charge is 2.26. The number of halogens is 1. The van der Waals surface area contributed by atoms with Gasteiger partial charge in [0, 0.05) is 23.8 Å². The van der Waals surface area contributed by atoms with Crippen LogP contribution in [0, 0.1) is 6.92 Å². The Morgan fingerprint density at radius 1 is 1.50 bits per heavy atom. The van der Waals surface area contributed by atoms with Gasteiger partial charge in [-0.3, -0.25) is 4.79 Å². The van der Waals surface area contributed by atoms with Crippen molar-refractivity contribution in [3.8, 4) is 0 Å². The van der Waals surface area contributed by atoms with Crippen LogP contribution in [0.15, 0.2) is 12.1 Å². The van der Waals surface area contributed by atoms with Crippen LogP contribution in [0.25, 0.3) is 0 Å². The van der Waals surface area contributed by atoms with E-state index in [1.807, 2.05) is 17.9 Å². The van der Waals surface area contributed by atoms with Gasteiger partial charge >= 0.3 is 0 Å². The average molecular weight is 267 g/mol. The van der Waals surface area contributed by atoms with E-state index in [-0.39, 0.29) is 5.91 Å². The lowest BCUT2D eigenvalue weighted by atomic mass is 9.99. The number of piperidine rings is 1. The third kappa shape index (κ3) is 2.83. The molecule has 0 aliphatic carbocycles. The number of carbonyl (C=O) groups is 1. The second kappa shape index (κ2) is 5.70. The highest BCUT2D eigenvalue weighted by Crippen LogP contribution is 2.22. The molecule has 98 valence electrons. The molecule has 1 fully saturated rings. The minimum absolute atomic E-state index is 0.0916. The monoisotopic (exact) mass is 266 g/mol. The maximum atomic E-state index is 12.5. The second-order valence-corrected chi connectivity index (χ2v) is 5.26. The predicted molar refractivity (Wildman–Crippen MR) is 73.0 cm³/mol. The first-order chi connectivity index (χ1) is 8.61. The summed E-state index contributed by atoms with van der Waals surface area (Å²) in [5, 5.41) is 0.392. The van der Waals surface area contributed by atoms with Crippen LogP contribution in [0.2, 0.25) is 5.15 Å². The number of pyridine rings is 1. The van der Waals surface area contributed by atoms with Gasteiger partial charge in [0.05, 0.1) is 0 Å². The SMILES string of the molecule is CCC1CCCCN1C(=O)c1cc(C)nc(Cl)c1. The highest BCUT2D eigenvalue weighted by atomic mass is 35.5. The minimum Gasteiger partial charge on any atom is -0.336 e. The normalized spacial score (nSPS) is 19.9. The maximum absolute atomic E-state index is 12.5. The number of likely N-dealkylation sites (tertiary alicyclic amines) is 1. The minimum atomic E-state index is 0.0916. The van der Waals surface area contributed by atoms with E-state index in [4.69, 9.17) is 11.6 Å². The van der Waals surface area contributed by atoms with Gasteiger partial charge in [0.2, 0.25) is 0 Å². The Balaban J connectivity index is 2.23. The van der Waals surface area contributed by atoms with Crippen molar-refractivity contribution in [3.05, 3.63) is 28.5 Å². The van der Waals surface area contributed by atoms with E-state index in [0.717, 1.165) is 31.5 Å². The predicted octanol–water partition coefficient (Wildman–Crippen LogP) is 3.45. The molecule has 1 unspecified atom stereocenters. The fourth-order valence-corrected chi connectivity index (χ4v) is 2.86. The summed E-state index contributed by atoms with van der Waals surface area (Å²) in [5.74, 6) is 0.0916. The van der Waals surface area contributed by atoms with Gasteiger partial charge in [-0.05, 0) is 44.7 Å². The summed E-state index contributed by atoms with van der Waals surface area (Å²) < 4.78 is 0. The number of amides is 1. The zero-order valence-corrected chi connectivity index (χ0v) is 11.7. The van der Waals surface area contributed by atoms with Crippen LogP contribution in [-0.2, 0) is 0 Å². The first-order valence-electron chi connectivity index (χ1n) is 6.57. The van der Waals surface area contributed by atoms with Crippen molar-refractivity contribution in [1.29, 1.82) is 0 Å². The molecule has 0 spiro atoms. The number of nitrogens with zero attached hydrogens (tertiary/aromatic N) is 2. The van der Waals surface area contributed by atoms with Crippen LogP contribution in [0.3, 0.4) is 0 Å². The van der Waals surface area contributed by atoms with Gasteiger partial charge in [0.1, 0.15) is 5.15 Å². The largest absolute Gasteiger partial charge is 0.336 e.